The number of aromatic carboxylic acids is 1. The summed E-state index contributed by atoms with van der Waals surface area (Å²) in [6.07, 6.45) is 11.1. The van der Waals surface area contributed by atoms with Gasteiger partial charge in [-0.05, 0) is 64.3 Å². The van der Waals surface area contributed by atoms with E-state index in [1.165, 1.54) is 19.2 Å². The van der Waals surface area contributed by atoms with Gasteiger partial charge in [-0.25, -0.2) is 9.59 Å². The first kappa shape index (κ1) is 65.1. The van der Waals surface area contributed by atoms with Crippen molar-refractivity contribution in [3.05, 3.63) is 128 Å². The Labute approximate surface area is 424 Å². The number of anilines is 1. The van der Waals surface area contributed by atoms with Crippen LogP contribution in [0.5, 0.6) is 17.2 Å². The Balaban J connectivity index is 0.00000100. The molecule has 0 atom stereocenters. The van der Waals surface area contributed by atoms with Gasteiger partial charge in [0.05, 0.1) is 79.0 Å². The number of nitrogens with zero attached hydrogens (tertiary/aromatic N) is 2. The molecule has 0 aliphatic rings. The Morgan fingerprint density at radius 3 is 1.59 bits per heavy atom. The van der Waals surface area contributed by atoms with Crippen molar-refractivity contribution >= 4 is 83.1 Å². The normalized spacial score (nSPS) is 11.2. The zero-order valence-corrected chi connectivity index (χ0v) is 44.6. The number of nitro benzene ring substituents is 2. The molecule has 27 heteroatoms. The highest BCUT2D eigenvalue weighted by atomic mass is 79.9. The van der Waals surface area contributed by atoms with Crippen LogP contribution in [0.4, 0.5) is 17.1 Å². The number of carboxylic acid groups (broad SMARTS) is 1. The van der Waals surface area contributed by atoms with E-state index in [4.69, 9.17) is 43.5 Å². The lowest BCUT2D eigenvalue weighted by Gasteiger charge is -2.14. The standard InChI is InChI=1S/C16H28BN2O5P.C16H22NO8P.C7H5NO5.C4H6Br2/c1-4-23-25(21,24-5-2)9-7-6-8-22-16-11-14(10-15(18)12-16)13-19-17(3)20;1-4-24-26(21,25-5-2)9-7-6-8-23-15-11-13(16(18)22-3)10-14(12-15)17(19)20;9-6-2-4(7(10)11)1-5(3-6)8(12)13;5-3-1-2-4-6/h6-7,10-12,19-20H,4-5,8-9,13,18H2,1-3H3;6-7,10-12H,4-5,8-9H2,1-3H3;1-3,9H,(H,10,11);1-2H,3-4H2/b2*7-6+;;2-1+. The lowest BCUT2D eigenvalue weighted by molar-refractivity contribution is -0.385. The van der Waals surface area contributed by atoms with Crippen molar-refractivity contribution in [3.8, 4) is 17.2 Å². The third-order valence-corrected chi connectivity index (χ3v) is 12.5. The van der Waals surface area contributed by atoms with Crippen molar-refractivity contribution in [1.29, 1.82) is 0 Å². The molecule has 0 bridgehead atoms. The number of nitrogens with one attached hydrogen (secondary N) is 1. The molecule has 0 heterocycles. The van der Waals surface area contributed by atoms with Crippen LogP contribution in [0.15, 0.2) is 91.1 Å². The first-order valence-electron chi connectivity index (χ1n) is 21.1. The van der Waals surface area contributed by atoms with Crippen LogP contribution in [0.2, 0.25) is 6.82 Å². The molecule has 0 saturated heterocycles. The summed E-state index contributed by atoms with van der Waals surface area (Å²) in [4.78, 5) is 41.8. The molecule has 0 spiro atoms. The van der Waals surface area contributed by atoms with Gasteiger partial charge in [0.25, 0.3) is 11.4 Å². The smallest absolute Gasteiger partial charge is 0.373 e. The van der Waals surface area contributed by atoms with Gasteiger partial charge in [-0.15, -0.1) is 0 Å². The number of ether oxygens (including phenoxy) is 3. The van der Waals surface area contributed by atoms with Crippen LogP contribution in [-0.4, -0.2) is 114 Å². The van der Waals surface area contributed by atoms with E-state index in [2.05, 4.69) is 54.0 Å². The first-order valence-corrected chi connectivity index (χ1v) is 26.8. The molecular weight excluding hydrogens is 1090 g/mol. The first-order chi connectivity index (χ1) is 33.1. The van der Waals surface area contributed by atoms with E-state index < -0.39 is 55.5 Å². The summed E-state index contributed by atoms with van der Waals surface area (Å²) in [6.45, 7) is 10.7. The van der Waals surface area contributed by atoms with Crippen LogP contribution in [-0.2, 0) is 38.5 Å². The SMILES string of the molecule is BrC/C=C/CBr.CCOP(=O)(C/C=C/COc1cc(C(=O)OC)cc([N+](=O)[O-])c1)OCC.CCOP(=O)(C/C=C/COc1cc(N)cc(CNB(C)O)c1)OCC.O=C(O)c1cc(O)cc([N+](=O)[O-])c1. The fourth-order valence-corrected chi connectivity index (χ4v) is 8.49. The van der Waals surface area contributed by atoms with Gasteiger partial charge in [-0.1, -0.05) is 68.3 Å². The second-order valence-corrected chi connectivity index (χ2v) is 18.8. The predicted molar refractivity (Wildman–Crippen MR) is 275 cm³/mol. The maximum Gasteiger partial charge on any atom is 0.373 e. The van der Waals surface area contributed by atoms with Gasteiger partial charge in [0, 0.05) is 41.1 Å². The molecule has 3 aromatic rings. The minimum Gasteiger partial charge on any atom is -0.508 e. The van der Waals surface area contributed by atoms with Gasteiger partial charge in [0.1, 0.15) is 30.5 Å². The fraction of sp³-hybridized carbons (Fsp3) is 0.395. The average Bonchev–Trinajstić information content (AvgIpc) is 3.30. The summed E-state index contributed by atoms with van der Waals surface area (Å²) in [5.41, 5.74) is 6.32. The number of methoxy groups -OCH3 is 1. The number of hydrogen-bond donors (Lipinski definition) is 5. The molecule has 0 saturated carbocycles. The average molecular weight is 1150 g/mol. The van der Waals surface area contributed by atoms with E-state index in [-0.39, 0.29) is 54.7 Å². The molecule has 3 aromatic carbocycles. The lowest BCUT2D eigenvalue weighted by atomic mass is 9.88. The Morgan fingerprint density at radius 2 is 1.17 bits per heavy atom. The number of phenolic OH excluding ortho intramolecular Hbond substituents is 1. The minimum absolute atomic E-state index is 0.0119. The van der Waals surface area contributed by atoms with Gasteiger partial charge in [-0.3, -0.25) is 29.4 Å². The van der Waals surface area contributed by atoms with Gasteiger partial charge in [-0.2, -0.15) is 0 Å². The van der Waals surface area contributed by atoms with Gasteiger partial charge >= 0.3 is 34.2 Å². The number of nitrogens with two attached hydrogens (primary N) is 1. The van der Waals surface area contributed by atoms with Gasteiger partial charge < -0.3 is 58.5 Å². The number of non-ortho nitro benzene ring substituents is 2. The number of rotatable bonds is 27. The summed E-state index contributed by atoms with van der Waals surface area (Å²) < 4.78 is 60.8. The second-order valence-electron chi connectivity index (χ2n) is 13.3. The number of esters is 1. The number of carbonyl (C=O) groups excluding carboxylic acids is 1. The van der Waals surface area contributed by atoms with Crippen molar-refractivity contribution in [3.63, 3.8) is 0 Å². The quantitative estimate of drug-likeness (QED) is 0.00693. The fourth-order valence-electron chi connectivity index (χ4n) is 5.00. The maximum absolute atomic E-state index is 12.3. The molecule has 0 unspecified atom stereocenters. The number of alkyl halides is 2. The Bertz CT molecular complexity index is 2210. The number of benzene rings is 3. The number of nitro groups is 2. The summed E-state index contributed by atoms with van der Waals surface area (Å²) in [6, 6.07) is 11.7. The Kier molecular flexibility index (Phi) is 34.3. The largest absolute Gasteiger partial charge is 0.508 e. The number of hydrogen-bond acceptors (Lipinski definition) is 19. The predicted octanol–water partition coefficient (Wildman–Crippen LogP) is 9.58. The third-order valence-electron chi connectivity index (χ3n) is 7.81. The van der Waals surface area contributed by atoms with E-state index in [1.807, 2.05) is 12.1 Å². The third kappa shape index (κ3) is 29.3. The number of halogens is 2. The summed E-state index contributed by atoms with van der Waals surface area (Å²) in [5, 5.41) is 52.7. The zero-order valence-electron chi connectivity index (χ0n) is 39.6. The molecule has 3 rings (SSSR count). The van der Waals surface area contributed by atoms with Crippen molar-refractivity contribution < 1.29 is 76.1 Å². The summed E-state index contributed by atoms with van der Waals surface area (Å²) in [7, 11) is -5.65. The molecule has 388 valence electrons. The van der Waals surface area contributed by atoms with Crippen LogP contribution in [0.3, 0.4) is 0 Å². The van der Waals surface area contributed by atoms with Crippen molar-refractivity contribution in [2.75, 3.05) is 75.5 Å². The lowest BCUT2D eigenvalue weighted by Crippen LogP contribution is -2.29. The van der Waals surface area contributed by atoms with Crippen molar-refractivity contribution in [1.82, 2.24) is 5.23 Å². The number of carboxylic acids is 1. The molecule has 0 amide bonds. The number of nitrogen functional groups attached to an aromatic ring is 1. The van der Waals surface area contributed by atoms with Crippen LogP contribution in [0.25, 0.3) is 0 Å². The highest BCUT2D eigenvalue weighted by Crippen LogP contribution is 2.48. The van der Waals surface area contributed by atoms with Crippen LogP contribution in [0, 0.1) is 20.2 Å². The molecule has 70 heavy (non-hydrogen) atoms. The van der Waals surface area contributed by atoms with Gasteiger partial charge in [0.2, 0.25) is 0 Å². The van der Waals surface area contributed by atoms with E-state index in [0.717, 1.165) is 40.5 Å². The molecule has 22 nitrogen and oxygen atoms in total. The maximum atomic E-state index is 12.3. The Hall–Kier alpha value is -4.94. The topological polar surface area (TPSA) is 318 Å². The van der Waals surface area contributed by atoms with E-state index in [9.17, 15) is 44.0 Å². The monoisotopic (exact) mass is 1150 g/mol. The van der Waals surface area contributed by atoms with Crippen molar-refractivity contribution in [2.45, 2.75) is 41.1 Å². The molecular formula is C43H61BBr2N4O18P2. The van der Waals surface area contributed by atoms with Crippen LogP contribution in [0.1, 0.15) is 54.0 Å². The highest BCUT2D eigenvalue weighted by Gasteiger charge is 2.22. The molecule has 0 aliphatic carbocycles. The molecule has 0 aromatic heterocycles. The molecule has 0 fully saturated rings. The number of aromatic hydroxyl groups is 1. The van der Waals surface area contributed by atoms with E-state index in [1.54, 1.807) is 64.9 Å². The van der Waals surface area contributed by atoms with E-state index in [0.29, 0.717) is 37.8 Å². The van der Waals surface area contributed by atoms with Gasteiger partial charge in [0.15, 0.2) is 0 Å². The summed E-state index contributed by atoms with van der Waals surface area (Å²) >= 11 is 6.49. The van der Waals surface area contributed by atoms with Crippen LogP contribution < -0.4 is 20.4 Å². The second kappa shape index (κ2) is 36.9. The minimum atomic E-state index is -3.17. The molecule has 0 radical (unpaired) electrons. The number of phenols is 1. The summed E-state index contributed by atoms with van der Waals surface area (Å²) in [5.74, 6) is -1.69. The molecule has 0 aliphatic heterocycles. The number of allylic oxidation sites excluding steroid dienone is 4. The van der Waals surface area contributed by atoms with Crippen LogP contribution >= 0.6 is 47.1 Å². The van der Waals surface area contributed by atoms with Crippen molar-refractivity contribution in [2.24, 2.45) is 0 Å². The van der Waals surface area contributed by atoms with E-state index >= 15 is 0 Å². The zero-order chi connectivity index (χ0) is 53.1. The number of carbonyl (C=O) groups is 2. The highest BCUT2D eigenvalue weighted by molar-refractivity contribution is 9.09. The molecule has 6 N–H and O–H groups in total. The Morgan fingerprint density at radius 1 is 0.714 bits per heavy atom.